The highest BCUT2D eigenvalue weighted by molar-refractivity contribution is 5.37. The van der Waals surface area contributed by atoms with Gasteiger partial charge in [0.15, 0.2) is 0 Å². The number of hydrogen-bond acceptors (Lipinski definition) is 2. The summed E-state index contributed by atoms with van der Waals surface area (Å²) in [7, 11) is 0. The van der Waals surface area contributed by atoms with E-state index in [0.29, 0.717) is 5.70 Å². The van der Waals surface area contributed by atoms with Crippen LogP contribution in [-0.2, 0) is 0 Å². The van der Waals surface area contributed by atoms with Crippen molar-refractivity contribution in [2.24, 2.45) is 4.99 Å². The number of rotatable bonds is 2. The quantitative estimate of drug-likeness (QED) is 0.310. The van der Waals surface area contributed by atoms with E-state index >= 15 is 0 Å². The van der Waals surface area contributed by atoms with Crippen LogP contribution in [0.1, 0.15) is 6.92 Å². The van der Waals surface area contributed by atoms with Gasteiger partial charge in [-0.3, -0.25) is 4.99 Å². The highest BCUT2D eigenvalue weighted by Crippen LogP contribution is 1.97. The normalized spacial score (nSPS) is 10.0. The van der Waals surface area contributed by atoms with Crippen molar-refractivity contribution in [3.05, 3.63) is 23.9 Å². The zero-order chi connectivity index (χ0) is 7.28. The molecule has 0 aliphatic carbocycles. The minimum absolute atomic E-state index is 0.308. The largest absolute Gasteiger partial charge is 0.253 e. The summed E-state index contributed by atoms with van der Waals surface area (Å²) in [6.45, 7) is 8.57. The fraction of sp³-hybridized carbons (Fsp3) is 0.143. The van der Waals surface area contributed by atoms with Crippen LogP contribution in [0.5, 0.6) is 0 Å². The highest BCUT2D eigenvalue weighted by atomic mass is 14.7. The van der Waals surface area contributed by atoms with Gasteiger partial charge in [0.2, 0.25) is 0 Å². The van der Waals surface area contributed by atoms with E-state index < -0.39 is 0 Å². The number of aliphatic imine (C=N–C) groups is 1. The molecular weight excluding hydrogens is 112 g/mol. The third-order valence-corrected chi connectivity index (χ3v) is 0.668. The maximum atomic E-state index is 8.28. The molecule has 0 atom stereocenters. The number of nitrogens with zero attached hydrogens (tertiary/aromatic N) is 2. The Morgan fingerprint density at radius 1 is 1.78 bits per heavy atom. The lowest BCUT2D eigenvalue weighted by Gasteiger charge is -1.84. The topological polar surface area (TPSA) is 36.1 Å². The summed E-state index contributed by atoms with van der Waals surface area (Å²) in [6, 6.07) is 1.85. The zero-order valence-electron chi connectivity index (χ0n) is 5.39. The molecule has 0 aliphatic rings. The summed E-state index contributed by atoms with van der Waals surface area (Å²) in [6.07, 6.45) is 1.58. The average molecular weight is 120 g/mol. The van der Waals surface area contributed by atoms with Gasteiger partial charge in [0.25, 0.3) is 0 Å². The van der Waals surface area contributed by atoms with Gasteiger partial charge in [-0.2, -0.15) is 5.26 Å². The van der Waals surface area contributed by atoms with Gasteiger partial charge in [0.05, 0.1) is 0 Å². The van der Waals surface area contributed by atoms with Crippen LogP contribution in [0.15, 0.2) is 28.9 Å². The van der Waals surface area contributed by atoms with Crippen LogP contribution in [0.4, 0.5) is 0 Å². The molecule has 0 saturated carbocycles. The van der Waals surface area contributed by atoms with Gasteiger partial charge in [-0.05, 0) is 19.7 Å². The molecule has 0 unspecified atom stereocenters. The van der Waals surface area contributed by atoms with E-state index in [0.717, 1.165) is 5.57 Å². The average Bonchev–Trinajstić information content (AvgIpc) is 1.82. The van der Waals surface area contributed by atoms with Crippen molar-refractivity contribution in [2.45, 2.75) is 6.92 Å². The van der Waals surface area contributed by atoms with Gasteiger partial charge in [-0.15, -0.1) is 0 Å². The first-order valence-electron chi connectivity index (χ1n) is 2.44. The lowest BCUT2D eigenvalue weighted by Crippen LogP contribution is -1.70. The molecule has 0 aliphatic heterocycles. The Labute approximate surface area is 54.8 Å². The van der Waals surface area contributed by atoms with E-state index in [2.05, 4.69) is 18.3 Å². The van der Waals surface area contributed by atoms with Crippen LogP contribution in [0, 0.1) is 11.3 Å². The summed E-state index contributed by atoms with van der Waals surface area (Å²) in [4.78, 5) is 3.44. The van der Waals surface area contributed by atoms with Crippen molar-refractivity contribution in [1.82, 2.24) is 0 Å². The Morgan fingerprint density at radius 2 is 2.33 bits per heavy atom. The first-order valence-corrected chi connectivity index (χ1v) is 2.44. The Kier molecular flexibility index (Phi) is 3.07. The molecular formula is C7H8N2. The summed E-state index contributed by atoms with van der Waals surface area (Å²) in [5, 5.41) is 8.28. The zero-order valence-corrected chi connectivity index (χ0v) is 5.39. The third kappa shape index (κ3) is 3.24. The molecule has 2 nitrogen and oxygen atoms in total. The predicted molar refractivity (Wildman–Crippen MR) is 38.1 cm³/mol. The number of nitriles is 1. The van der Waals surface area contributed by atoms with Crippen LogP contribution in [0.25, 0.3) is 0 Å². The maximum Gasteiger partial charge on any atom is 0.139 e. The molecule has 0 fully saturated rings. The lowest BCUT2D eigenvalue weighted by atomic mass is 10.3. The summed E-state index contributed by atoms with van der Waals surface area (Å²) >= 11 is 0. The summed E-state index contributed by atoms with van der Waals surface area (Å²) < 4.78 is 0. The Bertz CT molecular complexity index is 193. The van der Waals surface area contributed by atoms with Crippen molar-refractivity contribution < 1.29 is 0 Å². The molecule has 0 aromatic rings. The van der Waals surface area contributed by atoms with Crippen LogP contribution >= 0.6 is 0 Å². The molecule has 0 N–H and O–H groups in total. The first kappa shape index (κ1) is 7.64. The van der Waals surface area contributed by atoms with E-state index in [1.807, 2.05) is 6.07 Å². The van der Waals surface area contributed by atoms with Crippen LogP contribution < -0.4 is 0 Å². The third-order valence-electron chi connectivity index (χ3n) is 0.668. The van der Waals surface area contributed by atoms with Gasteiger partial charge in [0.1, 0.15) is 11.8 Å². The van der Waals surface area contributed by atoms with Gasteiger partial charge in [-0.25, -0.2) is 0 Å². The van der Waals surface area contributed by atoms with Gasteiger partial charge in [0, 0.05) is 0 Å². The van der Waals surface area contributed by atoms with Crippen LogP contribution in [0.3, 0.4) is 0 Å². The molecule has 0 heterocycles. The van der Waals surface area contributed by atoms with Crippen LogP contribution in [0.2, 0.25) is 0 Å². The van der Waals surface area contributed by atoms with Gasteiger partial charge < -0.3 is 0 Å². The SMILES string of the molecule is C=NC(C#N)=CC(=C)C. The second-order valence-corrected chi connectivity index (χ2v) is 1.65. The lowest BCUT2D eigenvalue weighted by molar-refractivity contribution is 1.37. The Balaban J connectivity index is 4.30. The van der Waals surface area contributed by atoms with E-state index in [-0.39, 0.29) is 0 Å². The molecule has 0 aromatic carbocycles. The second kappa shape index (κ2) is 3.62. The summed E-state index contributed by atoms with van der Waals surface area (Å²) in [5.41, 5.74) is 1.11. The van der Waals surface area contributed by atoms with Crippen molar-refractivity contribution in [1.29, 1.82) is 5.26 Å². The van der Waals surface area contributed by atoms with E-state index in [1.165, 1.54) is 0 Å². The number of hydrogen-bond donors (Lipinski definition) is 0. The molecule has 46 valence electrons. The molecule has 0 saturated heterocycles. The summed E-state index contributed by atoms with van der Waals surface area (Å²) in [5.74, 6) is 0. The predicted octanol–water partition coefficient (Wildman–Crippen LogP) is 1.67. The van der Waals surface area contributed by atoms with Crippen molar-refractivity contribution in [3.63, 3.8) is 0 Å². The molecule has 0 amide bonds. The van der Waals surface area contributed by atoms with Crippen molar-refractivity contribution in [3.8, 4) is 6.07 Å². The van der Waals surface area contributed by atoms with Crippen molar-refractivity contribution in [2.75, 3.05) is 0 Å². The highest BCUT2D eigenvalue weighted by Gasteiger charge is 1.85. The minimum atomic E-state index is 0.308. The Morgan fingerprint density at radius 3 is 2.44 bits per heavy atom. The molecule has 0 aromatic heterocycles. The number of allylic oxidation sites excluding steroid dienone is 3. The van der Waals surface area contributed by atoms with E-state index in [1.54, 1.807) is 13.0 Å². The smallest absolute Gasteiger partial charge is 0.139 e. The second-order valence-electron chi connectivity index (χ2n) is 1.65. The van der Waals surface area contributed by atoms with Gasteiger partial charge in [-0.1, -0.05) is 12.2 Å². The molecule has 2 heteroatoms. The molecule has 9 heavy (non-hydrogen) atoms. The molecule has 0 spiro atoms. The minimum Gasteiger partial charge on any atom is -0.253 e. The fourth-order valence-electron chi connectivity index (χ4n) is 0.347. The van der Waals surface area contributed by atoms with Crippen LogP contribution in [-0.4, -0.2) is 6.72 Å². The molecule has 0 radical (unpaired) electrons. The van der Waals surface area contributed by atoms with E-state index in [9.17, 15) is 0 Å². The Hall–Kier alpha value is -1.36. The monoisotopic (exact) mass is 120 g/mol. The first-order chi connectivity index (χ1) is 4.20. The van der Waals surface area contributed by atoms with Crippen molar-refractivity contribution >= 4 is 6.72 Å². The maximum absolute atomic E-state index is 8.28. The van der Waals surface area contributed by atoms with E-state index in [4.69, 9.17) is 5.26 Å². The molecule has 0 rings (SSSR count). The molecule has 0 bridgehead atoms. The van der Waals surface area contributed by atoms with Gasteiger partial charge >= 0.3 is 0 Å². The fourth-order valence-corrected chi connectivity index (χ4v) is 0.347. The standard InChI is InChI=1S/C7H8N2/c1-6(2)4-7(5-8)9-3/h4H,1,3H2,2H3.